The SMILES string of the molecule is [B]P(C1CCCCC1)C1CCCCC1. The van der Waals surface area contributed by atoms with Crippen LogP contribution < -0.4 is 0 Å². The first kappa shape index (κ1) is 11.0. The lowest BCUT2D eigenvalue weighted by atomic mass is 9.99. The van der Waals surface area contributed by atoms with Crippen molar-refractivity contribution in [1.82, 2.24) is 0 Å². The van der Waals surface area contributed by atoms with Crippen LogP contribution in [0, 0.1) is 0 Å². The first-order valence-electron chi connectivity index (χ1n) is 6.41. The summed E-state index contributed by atoms with van der Waals surface area (Å²) in [5.41, 5.74) is 1.86. The zero-order chi connectivity index (χ0) is 9.80. The van der Waals surface area contributed by atoms with Crippen LogP contribution in [0.3, 0.4) is 0 Å². The number of hydrogen-bond donors (Lipinski definition) is 0. The van der Waals surface area contributed by atoms with E-state index in [2.05, 4.69) is 0 Å². The summed E-state index contributed by atoms with van der Waals surface area (Å²) in [7, 11) is 6.37. The van der Waals surface area contributed by atoms with Gasteiger partial charge in [0.05, 0.1) is 0 Å². The van der Waals surface area contributed by atoms with E-state index in [1.54, 1.807) is 0 Å². The second-order valence-electron chi connectivity index (χ2n) is 5.03. The van der Waals surface area contributed by atoms with Crippen LogP contribution in [0.4, 0.5) is 0 Å². The molecule has 0 aromatic rings. The van der Waals surface area contributed by atoms with Crippen molar-refractivity contribution in [3.05, 3.63) is 0 Å². The lowest BCUT2D eigenvalue weighted by molar-refractivity contribution is 0.488. The molecule has 0 heterocycles. The van der Waals surface area contributed by atoms with Crippen molar-refractivity contribution in [3.63, 3.8) is 0 Å². The molecule has 0 atom stereocenters. The second-order valence-corrected chi connectivity index (χ2v) is 7.39. The van der Waals surface area contributed by atoms with Crippen LogP contribution in [0.25, 0.3) is 0 Å². The maximum absolute atomic E-state index is 6.49. The van der Waals surface area contributed by atoms with E-state index >= 15 is 0 Å². The van der Waals surface area contributed by atoms with Crippen LogP contribution in [0.1, 0.15) is 64.2 Å². The maximum atomic E-state index is 6.49. The molecule has 0 unspecified atom stereocenters. The van der Waals surface area contributed by atoms with Crippen LogP contribution in [0.15, 0.2) is 0 Å². The summed E-state index contributed by atoms with van der Waals surface area (Å²) >= 11 is 0. The first-order valence-corrected chi connectivity index (χ1v) is 7.96. The first-order chi connectivity index (χ1) is 6.88. The van der Waals surface area contributed by atoms with Crippen LogP contribution in [-0.4, -0.2) is 18.9 Å². The molecule has 0 amide bonds. The molecule has 0 bridgehead atoms. The van der Waals surface area contributed by atoms with Gasteiger partial charge in [-0.05, 0) is 37.0 Å². The Morgan fingerprint density at radius 2 is 1.00 bits per heavy atom. The minimum absolute atomic E-state index is 0.117. The van der Waals surface area contributed by atoms with E-state index in [0.29, 0.717) is 0 Å². The molecule has 2 aliphatic carbocycles. The molecule has 0 aliphatic heterocycles. The van der Waals surface area contributed by atoms with Gasteiger partial charge in [-0.2, -0.15) is 7.80 Å². The summed E-state index contributed by atoms with van der Waals surface area (Å²) in [5.74, 6) is 0. The maximum Gasteiger partial charge on any atom is 0.109 e. The third-order valence-electron chi connectivity index (χ3n) is 3.99. The highest BCUT2D eigenvalue weighted by atomic mass is 31.1. The zero-order valence-corrected chi connectivity index (χ0v) is 10.1. The molecule has 2 saturated carbocycles. The van der Waals surface area contributed by atoms with E-state index in [-0.39, 0.29) is 7.80 Å². The van der Waals surface area contributed by atoms with Gasteiger partial charge in [0.15, 0.2) is 0 Å². The topological polar surface area (TPSA) is 0 Å². The van der Waals surface area contributed by atoms with E-state index in [9.17, 15) is 0 Å². The highest BCUT2D eigenvalue weighted by Crippen LogP contribution is 2.51. The Hall–Kier alpha value is 0.495. The molecule has 2 radical (unpaired) electrons. The van der Waals surface area contributed by atoms with Crippen molar-refractivity contribution >= 4 is 15.4 Å². The number of rotatable bonds is 2. The fraction of sp³-hybridized carbons (Fsp3) is 1.00. The Morgan fingerprint density at radius 3 is 1.36 bits per heavy atom. The molecule has 0 saturated heterocycles. The summed E-state index contributed by atoms with van der Waals surface area (Å²) in [6.07, 6.45) is 14.5. The van der Waals surface area contributed by atoms with E-state index < -0.39 is 0 Å². The van der Waals surface area contributed by atoms with Crippen LogP contribution in [-0.2, 0) is 0 Å². The molecule has 14 heavy (non-hydrogen) atoms. The van der Waals surface area contributed by atoms with Crippen LogP contribution >= 0.6 is 7.80 Å². The van der Waals surface area contributed by atoms with Crippen molar-refractivity contribution in [1.29, 1.82) is 0 Å². The van der Waals surface area contributed by atoms with E-state index in [1.807, 2.05) is 0 Å². The predicted molar refractivity (Wildman–Crippen MR) is 66.4 cm³/mol. The van der Waals surface area contributed by atoms with Gasteiger partial charge in [0.2, 0.25) is 0 Å². The van der Waals surface area contributed by atoms with Gasteiger partial charge in [0.25, 0.3) is 0 Å². The Labute approximate surface area is 91.4 Å². The van der Waals surface area contributed by atoms with Gasteiger partial charge in [0.1, 0.15) is 7.57 Å². The highest BCUT2D eigenvalue weighted by Gasteiger charge is 2.26. The Morgan fingerprint density at radius 1 is 0.643 bits per heavy atom. The van der Waals surface area contributed by atoms with Crippen molar-refractivity contribution in [2.45, 2.75) is 75.5 Å². The van der Waals surface area contributed by atoms with Crippen molar-refractivity contribution in [2.24, 2.45) is 0 Å². The molecule has 2 rings (SSSR count). The summed E-state index contributed by atoms with van der Waals surface area (Å²) < 4.78 is 0. The largest absolute Gasteiger partial charge is 0.151 e. The van der Waals surface area contributed by atoms with Crippen LogP contribution in [0.2, 0.25) is 0 Å². The fourth-order valence-corrected chi connectivity index (χ4v) is 5.58. The summed E-state index contributed by atoms with van der Waals surface area (Å²) in [4.78, 5) is 0. The molecule has 0 aromatic carbocycles. The smallest absolute Gasteiger partial charge is 0.109 e. The van der Waals surface area contributed by atoms with E-state index in [0.717, 1.165) is 11.3 Å². The zero-order valence-electron chi connectivity index (χ0n) is 9.25. The summed E-state index contributed by atoms with van der Waals surface area (Å²) in [6, 6.07) is 0. The molecule has 78 valence electrons. The lowest BCUT2D eigenvalue weighted by Gasteiger charge is -2.36. The van der Waals surface area contributed by atoms with E-state index in [4.69, 9.17) is 7.57 Å². The average Bonchev–Trinajstić information content (AvgIpc) is 2.30. The fourth-order valence-electron chi connectivity index (χ4n) is 3.06. The van der Waals surface area contributed by atoms with E-state index in [1.165, 1.54) is 64.2 Å². The van der Waals surface area contributed by atoms with Gasteiger partial charge in [-0.15, -0.1) is 0 Å². The monoisotopic (exact) mass is 208 g/mol. The summed E-state index contributed by atoms with van der Waals surface area (Å²) in [5, 5.41) is 0. The van der Waals surface area contributed by atoms with Crippen molar-refractivity contribution in [3.8, 4) is 0 Å². The Balaban J connectivity index is 1.82. The third kappa shape index (κ3) is 2.75. The van der Waals surface area contributed by atoms with Gasteiger partial charge < -0.3 is 0 Å². The van der Waals surface area contributed by atoms with Crippen molar-refractivity contribution in [2.75, 3.05) is 0 Å². The quantitative estimate of drug-likeness (QED) is 0.470. The molecule has 0 N–H and O–H groups in total. The minimum Gasteiger partial charge on any atom is -0.151 e. The van der Waals surface area contributed by atoms with Gasteiger partial charge in [-0.3, -0.25) is 0 Å². The third-order valence-corrected chi connectivity index (χ3v) is 6.71. The van der Waals surface area contributed by atoms with Gasteiger partial charge in [0, 0.05) is 0 Å². The molecular weight excluding hydrogens is 186 g/mol. The highest BCUT2D eigenvalue weighted by molar-refractivity contribution is 7.83. The van der Waals surface area contributed by atoms with Gasteiger partial charge >= 0.3 is 0 Å². The normalized spacial score (nSPS) is 26.9. The van der Waals surface area contributed by atoms with Gasteiger partial charge in [-0.1, -0.05) is 38.5 Å². The lowest BCUT2D eigenvalue weighted by Crippen LogP contribution is -2.20. The molecule has 2 heteroatoms. The molecule has 2 aliphatic rings. The Bertz CT molecular complexity index is 142. The second kappa shape index (κ2) is 5.54. The number of hydrogen-bond acceptors (Lipinski definition) is 0. The molecule has 0 nitrogen and oxygen atoms in total. The molecule has 2 fully saturated rings. The predicted octanol–water partition coefficient (Wildman–Crippen LogP) is 4.22. The average molecular weight is 208 g/mol. The standard InChI is InChI=1S/C12H22BP/c13-14(11-7-3-1-4-8-11)12-9-5-2-6-10-12/h11-12H,1-10H2. The van der Waals surface area contributed by atoms with Crippen LogP contribution in [0.5, 0.6) is 0 Å². The Kier molecular flexibility index (Phi) is 4.35. The molecular formula is C12H22BP. The summed E-state index contributed by atoms with van der Waals surface area (Å²) in [6.45, 7) is 0. The molecule has 0 spiro atoms. The van der Waals surface area contributed by atoms with Crippen molar-refractivity contribution < 1.29 is 0 Å². The van der Waals surface area contributed by atoms with Gasteiger partial charge in [-0.25, -0.2) is 0 Å². The minimum atomic E-state index is -0.117. The molecule has 0 aromatic heterocycles.